The van der Waals surface area contributed by atoms with Gasteiger partial charge in [0.2, 0.25) is 11.8 Å². The van der Waals surface area contributed by atoms with E-state index in [2.05, 4.69) is 17.1 Å². The van der Waals surface area contributed by atoms with Crippen molar-refractivity contribution in [2.75, 3.05) is 18.4 Å². The summed E-state index contributed by atoms with van der Waals surface area (Å²) in [5.41, 5.74) is 1.33. The van der Waals surface area contributed by atoms with Crippen molar-refractivity contribution in [2.24, 2.45) is 5.92 Å². The summed E-state index contributed by atoms with van der Waals surface area (Å²) in [6, 6.07) is 0. The molecule has 1 aromatic rings. The lowest BCUT2D eigenvalue weighted by Gasteiger charge is -2.30. The zero-order valence-electron chi connectivity index (χ0n) is 11.8. The van der Waals surface area contributed by atoms with Crippen LogP contribution in [0, 0.1) is 19.8 Å². The Balaban J connectivity index is 1.92. The van der Waals surface area contributed by atoms with Crippen molar-refractivity contribution < 1.29 is 14.1 Å². The Labute approximate surface area is 117 Å². The average Bonchev–Trinajstić information content (AvgIpc) is 2.78. The SMILES string of the molecule is C=CC(=O)N1CCC(C(=O)Nc2c(C)noc2C)CC1. The summed E-state index contributed by atoms with van der Waals surface area (Å²) in [5, 5.41) is 6.67. The van der Waals surface area contributed by atoms with Crippen molar-refractivity contribution in [3.8, 4) is 0 Å². The first kappa shape index (κ1) is 14.3. The molecule has 108 valence electrons. The molecule has 1 aliphatic heterocycles. The number of piperidine rings is 1. The molecule has 1 N–H and O–H groups in total. The van der Waals surface area contributed by atoms with E-state index >= 15 is 0 Å². The first-order chi connectivity index (χ1) is 9.52. The number of rotatable bonds is 3. The number of carbonyl (C=O) groups excluding carboxylic acids is 2. The first-order valence-corrected chi connectivity index (χ1v) is 6.68. The number of hydrogen-bond acceptors (Lipinski definition) is 4. The predicted molar refractivity (Wildman–Crippen MR) is 74.1 cm³/mol. The number of nitrogens with zero attached hydrogens (tertiary/aromatic N) is 2. The number of carbonyl (C=O) groups is 2. The first-order valence-electron chi connectivity index (χ1n) is 6.68. The monoisotopic (exact) mass is 277 g/mol. The van der Waals surface area contributed by atoms with Crippen LogP contribution in [0.1, 0.15) is 24.3 Å². The van der Waals surface area contributed by atoms with Crippen molar-refractivity contribution in [1.82, 2.24) is 10.1 Å². The van der Waals surface area contributed by atoms with E-state index in [1.807, 2.05) is 0 Å². The van der Waals surface area contributed by atoms with Gasteiger partial charge in [-0.3, -0.25) is 9.59 Å². The van der Waals surface area contributed by atoms with E-state index in [-0.39, 0.29) is 17.7 Å². The van der Waals surface area contributed by atoms with Crippen LogP contribution in [0.15, 0.2) is 17.2 Å². The van der Waals surface area contributed by atoms with Gasteiger partial charge in [-0.2, -0.15) is 0 Å². The lowest BCUT2D eigenvalue weighted by atomic mass is 9.95. The lowest BCUT2D eigenvalue weighted by Crippen LogP contribution is -2.40. The molecule has 1 aliphatic rings. The van der Waals surface area contributed by atoms with E-state index in [9.17, 15) is 9.59 Å². The molecule has 0 bridgehead atoms. The van der Waals surface area contributed by atoms with Gasteiger partial charge in [0, 0.05) is 19.0 Å². The maximum Gasteiger partial charge on any atom is 0.245 e. The number of aryl methyl sites for hydroxylation is 2. The van der Waals surface area contributed by atoms with Crippen LogP contribution in [0.4, 0.5) is 5.69 Å². The molecule has 0 spiro atoms. The highest BCUT2D eigenvalue weighted by molar-refractivity contribution is 5.94. The third-order valence-corrected chi connectivity index (χ3v) is 3.63. The van der Waals surface area contributed by atoms with E-state index in [0.717, 1.165) is 0 Å². The van der Waals surface area contributed by atoms with Crippen molar-refractivity contribution in [3.05, 3.63) is 24.1 Å². The van der Waals surface area contributed by atoms with Crippen molar-refractivity contribution in [3.63, 3.8) is 0 Å². The zero-order chi connectivity index (χ0) is 14.7. The molecule has 6 nitrogen and oxygen atoms in total. The van der Waals surface area contributed by atoms with Gasteiger partial charge in [-0.1, -0.05) is 11.7 Å². The number of amides is 2. The van der Waals surface area contributed by atoms with Gasteiger partial charge in [0.05, 0.1) is 0 Å². The highest BCUT2D eigenvalue weighted by Crippen LogP contribution is 2.23. The molecule has 0 radical (unpaired) electrons. The molecule has 20 heavy (non-hydrogen) atoms. The molecule has 2 heterocycles. The minimum Gasteiger partial charge on any atom is -0.359 e. The van der Waals surface area contributed by atoms with Gasteiger partial charge in [0.15, 0.2) is 5.76 Å². The fourth-order valence-corrected chi connectivity index (χ4v) is 2.38. The summed E-state index contributed by atoms with van der Waals surface area (Å²) in [6.07, 6.45) is 2.63. The van der Waals surface area contributed by atoms with Gasteiger partial charge in [0.25, 0.3) is 0 Å². The second-order valence-corrected chi connectivity index (χ2v) is 4.99. The summed E-state index contributed by atoms with van der Waals surface area (Å²) in [4.78, 5) is 25.4. The minimum atomic E-state index is -0.0856. The number of hydrogen-bond donors (Lipinski definition) is 1. The predicted octanol–water partition coefficient (Wildman–Crippen LogP) is 1.65. The summed E-state index contributed by atoms with van der Waals surface area (Å²) in [7, 11) is 0. The van der Waals surface area contributed by atoms with Crippen LogP contribution in [0.2, 0.25) is 0 Å². The third kappa shape index (κ3) is 2.89. The zero-order valence-corrected chi connectivity index (χ0v) is 11.8. The number of nitrogens with one attached hydrogen (secondary N) is 1. The standard InChI is InChI=1S/C14H19N3O3/c1-4-12(18)17-7-5-11(6-8-17)14(19)15-13-9(2)16-20-10(13)3/h4,11H,1,5-8H2,2-3H3,(H,15,19). The molecule has 0 aliphatic carbocycles. The Morgan fingerprint density at radius 2 is 2.05 bits per heavy atom. The molecule has 2 amide bonds. The Kier molecular flexibility index (Phi) is 4.22. The molecule has 0 aromatic carbocycles. The van der Waals surface area contributed by atoms with E-state index in [1.54, 1.807) is 18.7 Å². The number of anilines is 1. The summed E-state index contributed by atoms with van der Waals surface area (Å²) in [6.45, 7) is 8.20. The van der Waals surface area contributed by atoms with Gasteiger partial charge in [-0.25, -0.2) is 0 Å². The van der Waals surface area contributed by atoms with Crippen LogP contribution in [-0.2, 0) is 9.59 Å². The fourth-order valence-electron chi connectivity index (χ4n) is 2.38. The average molecular weight is 277 g/mol. The van der Waals surface area contributed by atoms with Crippen molar-refractivity contribution in [1.29, 1.82) is 0 Å². The molecular weight excluding hydrogens is 258 g/mol. The maximum absolute atomic E-state index is 12.2. The van der Waals surface area contributed by atoms with Crippen LogP contribution in [0.3, 0.4) is 0 Å². The Morgan fingerprint density at radius 1 is 1.40 bits per heavy atom. The molecule has 1 saturated heterocycles. The largest absolute Gasteiger partial charge is 0.359 e. The number of likely N-dealkylation sites (tertiary alicyclic amines) is 1. The van der Waals surface area contributed by atoms with Gasteiger partial charge in [-0.05, 0) is 32.8 Å². The topological polar surface area (TPSA) is 75.4 Å². The van der Waals surface area contributed by atoms with E-state index in [0.29, 0.717) is 43.1 Å². The minimum absolute atomic E-state index is 0.0369. The Bertz CT molecular complexity index is 508. The third-order valence-electron chi connectivity index (χ3n) is 3.63. The maximum atomic E-state index is 12.2. The Morgan fingerprint density at radius 3 is 2.55 bits per heavy atom. The van der Waals surface area contributed by atoms with Gasteiger partial charge >= 0.3 is 0 Å². The number of aromatic nitrogens is 1. The van der Waals surface area contributed by atoms with E-state index in [1.165, 1.54) is 6.08 Å². The summed E-state index contributed by atoms with van der Waals surface area (Å²) < 4.78 is 5.02. The van der Waals surface area contributed by atoms with Crippen LogP contribution >= 0.6 is 0 Å². The quantitative estimate of drug-likeness (QED) is 0.852. The normalized spacial score (nSPS) is 16.0. The summed E-state index contributed by atoms with van der Waals surface area (Å²) in [5.74, 6) is 0.410. The molecular formula is C14H19N3O3. The van der Waals surface area contributed by atoms with Crippen molar-refractivity contribution >= 4 is 17.5 Å². The fraction of sp³-hybridized carbons (Fsp3) is 0.500. The van der Waals surface area contributed by atoms with Gasteiger partial charge in [-0.15, -0.1) is 0 Å². The van der Waals surface area contributed by atoms with Crippen LogP contribution < -0.4 is 5.32 Å². The molecule has 2 rings (SSSR count). The molecule has 0 atom stereocenters. The van der Waals surface area contributed by atoms with E-state index < -0.39 is 0 Å². The molecule has 0 unspecified atom stereocenters. The van der Waals surface area contributed by atoms with E-state index in [4.69, 9.17) is 4.52 Å². The van der Waals surface area contributed by atoms with Crippen LogP contribution in [-0.4, -0.2) is 35.0 Å². The van der Waals surface area contributed by atoms with Crippen LogP contribution in [0.25, 0.3) is 0 Å². The molecule has 1 fully saturated rings. The summed E-state index contributed by atoms with van der Waals surface area (Å²) >= 11 is 0. The van der Waals surface area contributed by atoms with Crippen LogP contribution in [0.5, 0.6) is 0 Å². The highest BCUT2D eigenvalue weighted by atomic mass is 16.5. The highest BCUT2D eigenvalue weighted by Gasteiger charge is 2.27. The lowest BCUT2D eigenvalue weighted by molar-refractivity contribution is -0.130. The molecule has 0 saturated carbocycles. The smallest absolute Gasteiger partial charge is 0.245 e. The van der Waals surface area contributed by atoms with Gasteiger partial charge in [0.1, 0.15) is 11.4 Å². The molecule has 6 heteroatoms. The Hall–Kier alpha value is -2.11. The molecule has 1 aromatic heterocycles. The van der Waals surface area contributed by atoms with Gasteiger partial charge < -0.3 is 14.7 Å². The second kappa shape index (κ2) is 5.90. The van der Waals surface area contributed by atoms with Crippen molar-refractivity contribution in [2.45, 2.75) is 26.7 Å². The second-order valence-electron chi connectivity index (χ2n) is 4.99.